The summed E-state index contributed by atoms with van der Waals surface area (Å²) in [6.45, 7) is 4.16. The zero-order chi connectivity index (χ0) is 22.1. The molecule has 2 aromatic carbocycles. The Balaban J connectivity index is 1.15. The topological polar surface area (TPSA) is 52.1 Å². The summed E-state index contributed by atoms with van der Waals surface area (Å²) >= 11 is 0. The monoisotopic (exact) mass is 429 g/mol. The van der Waals surface area contributed by atoms with Gasteiger partial charge in [-0.15, -0.1) is 0 Å². The molecular weight excluding hydrogens is 394 g/mol. The Bertz CT molecular complexity index is 1080. The number of hydrogen-bond acceptors (Lipinski definition) is 3. The summed E-state index contributed by atoms with van der Waals surface area (Å²) < 4.78 is 0. The van der Waals surface area contributed by atoms with E-state index in [0.717, 1.165) is 62.1 Å². The number of nitrogens with one attached hydrogen (secondary N) is 1. The van der Waals surface area contributed by atoms with Crippen molar-refractivity contribution < 1.29 is 5.11 Å². The van der Waals surface area contributed by atoms with Gasteiger partial charge in [0, 0.05) is 18.9 Å². The molecule has 0 radical (unpaired) electrons. The number of imidazole rings is 1. The Morgan fingerprint density at radius 3 is 2.69 bits per heavy atom. The number of aliphatic hydroxyl groups is 1. The minimum Gasteiger partial charge on any atom is -0.389 e. The van der Waals surface area contributed by atoms with E-state index in [4.69, 9.17) is 0 Å². The molecule has 1 fully saturated rings. The summed E-state index contributed by atoms with van der Waals surface area (Å²) in [5, 5.41) is 11.5. The van der Waals surface area contributed by atoms with E-state index in [1.165, 1.54) is 23.1 Å². The quantitative estimate of drug-likeness (QED) is 0.506. The molecule has 1 aromatic heterocycles. The molecule has 0 saturated heterocycles. The van der Waals surface area contributed by atoms with E-state index in [2.05, 4.69) is 71.3 Å². The molecule has 2 bridgehead atoms. The van der Waals surface area contributed by atoms with E-state index >= 15 is 0 Å². The van der Waals surface area contributed by atoms with Crippen LogP contribution < -0.4 is 0 Å². The fourth-order valence-corrected chi connectivity index (χ4v) is 5.82. The van der Waals surface area contributed by atoms with E-state index in [9.17, 15) is 5.11 Å². The van der Waals surface area contributed by atoms with Gasteiger partial charge in [0.05, 0.1) is 16.6 Å². The second-order valence-electron chi connectivity index (χ2n) is 9.98. The number of fused-ring (bicyclic) bond motifs is 3. The third-order valence-corrected chi connectivity index (χ3v) is 7.71. The summed E-state index contributed by atoms with van der Waals surface area (Å²) in [5.74, 6) is 1.84. The lowest BCUT2D eigenvalue weighted by atomic mass is 9.60. The van der Waals surface area contributed by atoms with Crippen molar-refractivity contribution in [3.8, 4) is 0 Å². The number of allylic oxidation sites excluding steroid dienone is 1. The van der Waals surface area contributed by atoms with Gasteiger partial charge in [-0.25, -0.2) is 4.98 Å². The van der Waals surface area contributed by atoms with Crippen LogP contribution in [0.25, 0.3) is 16.6 Å². The third-order valence-electron chi connectivity index (χ3n) is 7.71. The molecule has 1 heterocycles. The summed E-state index contributed by atoms with van der Waals surface area (Å²) in [4.78, 5) is 10.5. The molecule has 3 atom stereocenters. The highest BCUT2D eigenvalue weighted by molar-refractivity contribution is 5.74. The zero-order valence-electron chi connectivity index (χ0n) is 19.3. The van der Waals surface area contributed by atoms with Crippen LogP contribution in [0.5, 0.6) is 0 Å². The molecule has 3 aromatic rings. The first-order valence-corrected chi connectivity index (χ1v) is 12.1. The molecule has 2 N–H and O–H groups in total. The van der Waals surface area contributed by atoms with Gasteiger partial charge in [-0.2, -0.15) is 0 Å². The molecule has 0 unspecified atom stereocenters. The second kappa shape index (κ2) is 8.84. The first-order chi connectivity index (χ1) is 15.5. The van der Waals surface area contributed by atoms with Crippen molar-refractivity contribution in [1.82, 2.24) is 14.9 Å². The summed E-state index contributed by atoms with van der Waals surface area (Å²) in [6.07, 6.45) is 8.51. The van der Waals surface area contributed by atoms with Gasteiger partial charge in [0.25, 0.3) is 0 Å². The Morgan fingerprint density at radius 2 is 1.91 bits per heavy atom. The van der Waals surface area contributed by atoms with E-state index < -0.39 is 5.60 Å². The van der Waals surface area contributed by atoms with Crippen LogP contribution in [0.4, 0.5) is 0 Å². The maximum Gasteiger partial charge on any atom is 0.107 e. The van der Waals surface area contributed by atoms with Gasteiger partial charge in [0.2, 0.25) is 0 Å². The van der Waals surface area contributed by atoms with E-state index in [1.807, 2.05) is 12.1 Å². The van der Waals surface area contributed by atoms with Crippen LogP contribution in [0.2, 0.25) is 0 Å². The van der Waals surface area contributed by atoms with E-state index in [0.29, 0.717) is 5.92 Å². The van der Waals surface area contributed by atoms with Gasteiger partial charge in [0.1, 0.15) is 5.82 Å². The Morgan fingerprint density at radius 1 is 1.09 bits per heavy atom. The van der Waals surface area contributed by atoms with Crippen LogP contribution in [-0.4, -0.2) is 45.7 Å². The SMILES string of the molecule is Cc1ccccc1C1=C[C@@H]2CC[C@H]1C[C@]2(O)CCN(C)CCCc1nc2ccccc2[nH]1. The van der Waals surface area contributed by atoms with Crippen LogP contribution in [0.3, 0.4) is 0 Å². The third kappa shape index (κ3) is 4.26. The fourth-order valence-electron chi connectivity index (χ4n) is 5.82. The van der Waals surface area contributed by atoms with Crippen molar-refractivity contribution in [3.63, 3.8) is 0 Å². The van der Waals surface area contributed by atoms with Crippen LogP contribution >= 0.6 is 0 Å². The molecule has 1 saturated carbocycles. The van der Waals surface area contributed by atoms with Crippen LogP contribution in [0.15, 0.2) is 54.6 Å². The number of para-hydroxylation sites is 2. The number of hydrogen-bond donors (Lipinski definition) is 2. The molecule has 0 aliphatic heterocycles. The molecule has 0 spiro atoms. The normalized spacial score (nSPS) is 24.9. The second-order valence-corrected chi connectivity index (χ2v) is 9.98. The van der Waals surface area contributed by atoms with Gasteiger partial charge in [-0.05, 0) is 87.4 Å². The number of H-pyrrole nitrogens is 1. The summed E-state index contributed by atoms with van der Waals surface area (Å²) in [5.41, 5.74) is 5.81. The molecule has 6 rings (SSSR count). The van der Waals surface area contributed by atoms with Gasteiger partial charge < -0.3 is 15.0 Å². The average molecular weight is 430 g/mol. The Labute approximate surface area is 191 Å². The van der Waals surface area contributed by atoms with Crippen molar-refractivity contribution >= 4 is 16.6 Å². The predicted molar refractivity (Wildman–Crippen MR) is 131 cm³/mol. The lowest BCUT2D eigenvalue weighted by Crippen LogP contribution is -2.48. The fraction of sp³-hybridized carbons (Fsp3) is 0.464. The van der Waals surface area contributed by atoms with Gasteiger partial charge in [-0.3, -0.25) is 0 Å². The maximum atomic E-state index is 11.5. The first kappa shape index (κ1) is 21.4. The lowest BCUT2D eigenvalue weighted by Gasteiger charge is -2.48. The molecule has 168 valence electrons. The smallest absolute Gasteiger partial charge is 0.107 e. The highest BCUT2D eigenvalue weighted by Gasteiger charge is 2.46. The minimum atomic E-state index is -0.553. The summed E-state index contributed by atoms with van der Waals surface area (Å²) in [6, 6.07) is 16.9. The van der Waals surface area contributed by atoms with Crippen molar-refractivity contribution in [3.05, 3.63) is 71.6 Å². The number of aromatic amines is 1. The minimum absolute atomic E-state index is 0.283. The molecule has 0 amide bonds. The zero-order valence-corrected chi connectivity index (χ0v) is 19.3. The predicted octanol–water partition coefficient (Wildman–Crippen LogP) is 5.37. The number of nitrogens with zero attached hydrogens (tertiary/aromatic N) is 2. The largest absolute Gasteiger partial charge is 0.389 e. The van der Waals surface area contributed by atoms with Gasteiger partial charge >= 0.3 is 0 Å². The molecule has 32 heavy (non-hydrogen) atoms. The van der Waals surface area contributed by atoms with Crippen molar-refractivity contribution in [2.75, 3.05) is 20.1 Å². The standard InChI is InChI=1S/C28H35N3O/c1-20-8-3-4-9-23(20)24-18-22-14-13-21(24)19-28(22,32)15-17-31(2)16-7-12-27-29-25-10-5-6-11-26(25)30-27/h3-6,8-11,18,21-22,32H,7,12-17,19H2,1-2H3,(H,29,30)/t21-,22-,28+/m0/s1. The molecular formula is C28H35N3O. The lowest BCUT2D eigenvalue weighted by molar-refractivity contribution is -0.0574. The molecule has 4 nitrogen and oxygen atoms in total. The molecule has 4 heteroatoms. The highest BCUT2D eigenvalue weighted by Crippen LogP contribution is 2.51. The van der Waals surface area contributed by atoms with Crippen LogP contribution in [0.1, 0.15) is 49.1 Å². The highest BCUT2D eigenvalue weighted by atomic mass is 16.3. The average Bonchev–Trinajstić information content (AvgIpc) is 3.21. The van der Waals surface area contributed by atoms with Crippen molar-refractivity contribution in [2.24, 2.45) is 11.8 Å². The van der Waals surface area contributed by atoms with Crippen LogP contribution in [-0.2, 0) is 6.42 Å². The molecule has 3 aliphatic rings. The van der Waals surface area contributed by atoms with E-state index in [-0.39, 0.29) is 5.92 Å². The number of rotatable bonds is 8. The van der Waals surface area contributed by atoms with Crippen LogP contribution in [0, 0.1) is 18.8 Å². The van der Waals surface area contributed by atoms with E-state index in [1.54, 1.807) is 0 Å². The maximum absolute atomic E-state index is 11.5. The van der Waals surface area contributed by atoms with Crippen molar-refractivity contribution in [1.29, 1.82) is 0 Å². The van der Waals surface area contributed by atoms with Crippen molar-refractivity contribution in [2.45, 2.75) is 51.0 Å². The Kier molecular flexibility index (Phi) is 5.92. The number of aryl methyl sites for hydroxylation is 2. The number of benzene rings is 2. The Hall–Kier alpha value is -2.43. The van der Waals surface area contributed by atoms with Gasteiger partial charge in [-0.1, -0.05) is 42.5 Å². The summed E-state index contributed by atoms with van der Waals surface area (Å²) in [7, 11) is 2.18. The number of aromatic nitrogens is 2. The van der Waals surface area contributed by atoms with Gasteiger partial charge in [0.15, 0.2) is 0 Å². The molecule has 3 aliphatic carbocycles. The first-order valence-electron chi connectivity index (χ1n) is 12.1.